The fourth-order valence-electron chi connectivity index (χ4n) is 6.14. The van der Waals surface area contributed by atoms with E-state index in [4.69, 9.17) is 32.8 Å². The highest BCUT2D eigenvalue weighted by molar-refractivity contribution is 5.88. The van der Waals surface area contributed by atoms with Crippen molar-refractivity contribution in [1.82, 2.24) is 0 Å². The minimum absolute atomic E-state index is 0.135. The van der Waals surface area contributed by atoms with Crippen molar-refractivity contribution in [3.63, 3.8) is 0 Å². The fraction of sp³-hybridized carbons (Fsp3) is 0.531. The van der Waals surface area contributed by atoms with E-state index in [0.717, 1.165) is 12.1 Å². The van der Waals surface area contributed by atoms with E-state index in [-0.39, 0.29) is 22.7 Å². The molecule has 14 atom stereocenters. The van der Waals surface area contributed by atoms with Crippen molar-refractivity contribution >= 4 is 11.0 Å². The maximum absolute atomic E-state index is 13.9. The third-order valence-electron chi connectivity index (χ3n) is 8.96. The second-order valence-corrected chi connectivity index (χ2v) is 12.5. The topological polar surface area (TPSA) is 328 Å². The molecule has 3 aliphatic rings. The Balaban J connectivity index is 1.33. The van der Waals surface area contributed by atoms with E-state index in [2.05, 4.69) is 0 Å². The molecule has 20 nitrogen and oxygen atoms in total. The molecule has 0 saturated carbocycles. The van der Waals surface area contributed by atoms with Crippen LogP contribution in [0.3, 0.4) is 0 Å². The first-order valence-corrected chi connectivity index (χ1v) is 15.9. The molecule has 0 aliphatic carbocycles. The van der Waals surface area contributed by atoms with Gasteiger partial charge in [0.25, 0.3) is 0 Å². The van der Waals surface area contributed by atoms with Gasteiger partial charge in [0, 0.05) is 17.7 Å². The number of phenols is 3. The minimum atomic E-state index is -1.99. The first kappa shape index (κ1) is 38.0. The Morgan fingerprint density at radius 1 is 0.673 bits per heavy atom. The van der Waals surface area contributed by atoms with Gasteiger partial charge in [0.2, 0.25) is 17.5 Å². The summed E-state index contributed by atoms with van der Waals surface area (Å²) >= 11 is 0. The second-order valence-electron chi connectivity index (χ2n) is 12.5. The largest absolute Gasteiger partial charge is 0.508 e. The number of hydrogen-bond acceptors (Lipinski definition) is 20. The molecule has 52 heavy (non-hydrogen) atoms. The van der Waals surface area contributed by atoms with Crippen LogP contribution in [0.15, 0.2) is 45.6 Å². The van der Waals surface area contributed by atoms with Crippen molar-refractivity contribution in [3.05, 3.63) is 46.6 Å². The normalized spacial score (nSPS) is 36.9. The zero-order valence-corrected chi connectivity index (χ0v) is 26.8. The van der Waals surface area contributed by atoms with Gasteiger partial charge >= 0.3 is 0 Å². The fourth-order valence-corrected chi connectivity index (χ4v) is 6.14. The number of hydrogen-bond donors (Lipinski definition) is 12. The highest BCUT2D eigenvalue weighted by atomic mass is 16.8. The van der Waals surface area contributed by atoms with Gasteiger partial charge in [-0.1, -0.05) is 0 Å². The smallest absolute Gasteiger partial charge is 0.239 e. The van der Waals surface area contributed by atoms with Gasteiger partial charge in [0.15, 0.2) is 24.4 Å². The van der Waals surface area contributed by atoms with Crippen molar-refractivity contribution in [2.45, 2.75) is 86.0 Å². The summed E-state index contributed by atoms with van der Waals surface area (Å²) < 4.78 is 39.6. The van der Waals surface area contributed by atoms with Gasteiger partial charge in [0.1, 0.15) is 89.3 Å². The average Bonchev–Trinajstić information content (AvgIpc) is 3.11. The van der Waals surface area contributed by atoms with Crippen LogP contribution in [0.1, 0.15) is 0 Å². The summed E-state index contributed by atoms with van der Waals surface area (Å²) in [6.45, 7) is -2.27. The summed E-state index contributed by atoms with van der Waals surface area (Å²) in [5, 5.41) is 124. The molecule has 0 bridgehead atoms. The van der Waals surface area contributed by atoms with Gasteiger partial charge in [0.05, 0.1) is 19.8 Å². The molecule has 6 rings (SSSR count). The number of rotatable bonds is 9. The van der Waals surface area contributed by atoms with Crippen molar-refractivity contribution in [3.8, 4) is 34.3 Å². The summed E-state index contributed by atoms with van der Waals surface area (Å²) in [5.74, 6) is -2.29. The molecule has 3 saturated heterocycles. The Bertz CT molecular complexity index is 1750. The molecule has 3 fully saturated rings. The van der Waals surface area contributed by atoms with Crippen LogP contribution >= 0.6 is 0 Å². The number of ether oxygens (including phenoxy) is 6. The van der Waals surface area contributed by atoms with E-state index in [9.17, 15) is 66.1 Å². The molecular formula is C32H38O20. The molecule has 4 heterocycles. The van der Waals surface area contributed by atoms with E-state index in [1.165, 1.54) is 24.3 Å². The van der Waals surface area contributed by atoms with Gasteiger partial charge in [-0.3, -0.25) is 4.79 Å². The molecule has 0 amide bonds. The number of aliphatic hydroxyl groups is 9. The maximum Gasteiger partial charge on any atom is 0.239 e. The number of aliphatic hydroxyl groups excluding tert-OH is 9. The highest BCUT2D eigenvalue weighted by Gasteiger charge is 2.52. The number of phenolic OH excluding ortho intramolecular Hbond substituents is 3. The van der Waals surface area contributed by atoms with E-state index >= 15 is 0 Å². The molecule has 0 spiro atoms. The first-order chi connectivity index (χ1) is 24.7. The van der Waals surface area contributed by atoms with E-state index in [1.54, 1.807) is 0 Å². The van der Waals surface area contributed by atoms with E-state index < -0.39 is 134 Å². The van der Waals surface area contributed by atoms with E-state index in [1.807, 2.05) is 0 Å². The van der Waals surface area contributed by atoms with Gasteiger partial charge in [-0.2, -0.15) is 0 Å². The van der Waals surface area contributed by atoms with Crippen LogP contribution in [-0.2, 0) is 23.7 Å². The van der Waals surface area contributed by atoms with Crippen LogP contribution in [0.25, 0.3) is 22.3 Å². The third kappa shape index (κ3) is 7.14. The van der Waals surface area contributed by atoms with Crippen LogP contribution in [-0.4, -0.2) is 167 Å². The zero-order chi connectivity index (χ0) is 37.6. The zero-order valence-electron chi connectivity index (χ0n) is 26.8. The number of fused-ring (bicyclic) bond motifs is 1. The van der Waals surface area contributed by atoms with Gasteiger partial charge < -0.3 is 94.1 Å². The van der Waals surface area contributed by atoms with Gasteiger partial charge in [-0.15, -0.1) is 0 Å². The molecule has 14 unspecified atom stereocenters. The third-order valence-corrected chi connectivity index (χ3v) is 8.96. The minimum Gasteiger partial charge on any atom is -0.508 e. The van der Waals surface area contributed by atoms with Crippen LogP contribution < -0.4 is 10.2 Å². The average molecular weight is 743 g/mol. The predicted octanol–water partition coefficient (Wildman–Crippen LogP) is -3.96. The summed E-state index contributed by atoms with van der Waals surface area (Å²) in [7, 11) is 0. The van der Waals surface area contributed by atoms with Crippen LogP contribution in [0.2, 0.25) is 0 Å². The molecular weight excluding hydrogens is 704 g/mol. The first-order valence-electron chi connectivity index (χ1n) is 15.9. The summed E-state index contributed by atoms with van der Waals surface area (Å²) in [4.78, 5) is 13.9. The second kappa shape index (κ2) is 15.3. The molecule has 20 heteroatoms. The Kier molecular flexibility index (Phi) is 11.2. The molecule has 1 aromatic heterocycles. The Morgan fingerprint density at radius 3 is 1.94 bits per heavy atom. The SMILES string of the molecule is O=c1c(OC2OC(CO)C(O)C(O)C2OC2OCC(O)C(OC3OC(CO)C(O)C(O)C3O)C2O)c(-c2ccc(O)cc2)oc2cc(O)cc(O)c12. The van der Waals surface area contributed by atoms with Gasteiger partial charge in [-0.25, -0.2) is 0 Å². The number of benzene rings is 2. The molecule has 3 aliphatic heterocycles. The van der Waals surface area contributed by atoms with E-state index in [0.29, 0.717) is 0 Å². The Labute approximate surface area is 292 Å². The molecule has 12 N–H and O–H groups in total. The van der Waals surface area contributed by atoms with Crippen LogP contribution in [0.4, 0.5) is 0 Å². The Morgan fingerprint density at radius 2 is 1.29 bits per heavy atom. The molecule has 0 radical (unpaired) electrons. The lowest BCUT2D eigenvalue weighted by Crippen LogP contribution is -2.65. The lowest BCUT2D eigenvalue weighted by atomic mass is 9.98. The van der Waals surface area contributed by atoms with Crippen LogP contribution in [0, 0.1) is 0 Å². The lowest BCUT2D eigenvalue weighted by Gasteiger charge is -2.46. The summed E-state index contributed by atoms with van der Waals surface area (Å²) in [5.41, 5.74) is -1.16. The molecule has 3 aromatic rings. The quantitative estimate of drug-likeness (QED) is 0.0995. The van der Waals surface area contributed by atoms with Crippen LogP contribution in [0.5, 0.6) is 23.0 Å². The highest BCUT2D eigenvalue weighted by Crippen LogP contribution is 2.38. The maximum atomic E-state index is 13.9. The van der Waals surface area contributed by atoms with Gasteiger partial charge in [-0.05, 0) is 24.3 Å². The summed E-state index contributed by atoms with van der Waals surface area (Å²) in [6.07, 6.45) is -25.0. The van der Waals surface area contributed by atoms with Crippen molar-refractivity contribution in [1.29, 1.82) is 0 Å². The predicted molar refractivity (Wildman–Crippen MR) is 167 cm³/mol. The number of aromatic hydroxyl groups is 3. The lowest BCUT2D eigenvalue weighted by molar-refractivity contribution is -0.368. The summed E-state index contributed by atoms with van der Waals surface area (Å²) in [6, 6.07) is 7.11. The van der Waals surface area contributed by atoms with Crippen molar-refractivity contribution in [2.24, 2.45) is 0 Å². The monoisotopic (exact) mass is 742 g/mol. The van der Waals surface area contributed by atoms with Crippen molar-refractivity contribution in [2.75, 3.05) is 19.8 Å². The Hall–Kier alpha value is -3.71. The van der Waals surface area contributed by atoms with Crippen molar-refractivity contribution < 1.29 is 94.1 Å². The molecule has 286 valence electrons. The molecule has 2 aromatic carbocycles. The standard InChI is InChI=1S/C32H38O20/c33-7-16-19(39)22(42)24(44)31(48-16)50-27-14(38)9-46-30(25(27)45)52-29-23(43)20(40)17(8-34)49-32(29)51-28-21(41)18-13(37)5-12(36)6-15(18)47-26(28)10-1-3-11(35)4-2-10/h1-6,14,16-17,19-20,22-25,27,29-40,42-45H,7-9H2.